The molecule has 1 atom stereocenters. The average molecular weight is 387 g/mol. The summed E-state index contributed by atoms with van der Waals surface area (Å²) in [6, 6.07) is 8.88. The lowest BCUT2D eigenvalue weighted by molar-refractivity contribution is -0.129. The zero-order valence-electron chi connectivity index (χ0n) is 15.9. The maximum absolute atomic E-state index is 14.0. The van der Waals surface area contributed by atoms with Gasteiger partial charge < -0.3 is 16.0 Å². The van der Waals surface area contributed by atoms with E-state index in [0.29, 0.717) is 13.0 Å². The third-order valence-electron chi connectivity index (χ3n) is 4.99. The van der Waals surface area contributed by atoms with Crippen LogP contribution in [0.3, 0.4) is 0 Å². The minimum atomic E-state index is -1.03. The number of aryl methyl sites for hydroxylation is 2. The minimum Gasteiger partial charge on any atom is -0.324 e. The van der Waals surface area contributed by atoms with Crippen molar-refractivity contribution < 1.29 is 18.4 Å². The van der Waals surface area contributed by atoms with Crippen LogP contribution >= 0.6 is 0 Å². The molecule has 2 aromatic carbocycles. The second kappa shape index (κ2) is 8.06. The van der Waals surface area contributed by atoms with Crippen LogP contribution in [-0.2, 0) is 9.59 Å². The first kappa shape index (κ1) is 19.9. The van der Waals surface area contributed by atoms with Gasteiger partial charge in [-0.25, -0.2) is 8.78 Å². The quantitative estimate of drug-likeness (QED) is 0.735. The molecule has 7 heteroatoms. The van der Waals surface area contributed by atoms with Crippen molar-refractivity contribution in [2.75, 3.05) is 23.7 Å². The molecule has 2 aromatic rings. The number of anilines is 2. The standard InChI is InChI=1S/C21H23F2N3O2/c1-13-3-5-15(22)17(9-13)25-19(27)11-21(7-8-24-12-21)20(28)26-18-10-14(2)4-6-16(18)23/h3-6,9-10,24H,7-8,11-12H2,1-2H3,(H,25,27)(H,26,28). The van der Waals surface area contributed by atoms with E-state index in [9.17, 15) is 18.4 Å². The van der Waals surface area contributed by atoms with Gasteiger partial charge in [-0.05, 0) is 62.2 Å². The van der Waals surface area contributed by atoms with Gasteiger partial charge in [0.05, 0.1) is 16.8 Å². The van der Waals surface area contributed by atoms with Crippen LogP contribution in [0, 0.1) is 30.9 Å². The molecule has 1 heterocycles. The number of hydrogen-bond donors (Lipinski definition) is 3. The Morgan fingerprint density at radius 2 is 1.57 bits per heavy atom. The number of carbonyl (C=O) groups is 2. The average Bonchev–Trinajstić information content (AvgIpc) is 3.11. The van der Waals surface area contributed by atoms with Gasteiger partial charge in [0.1, 0.15) is 11.6 Å². The molecular weight excluding hydrogens is 364 g/mol. The van der Waals surface area contributed by atoms with Crippen molar-refractivity contribution >= 4 is 23.2 Å². The zero-order chi connectivity index (χ0) is 20.3. The van der Waals surface area contributed by atoms with E-state index >= 15 is 0 Å². The minimum absolute atomic E-state index is 0.0799. The lowest BCUT2D eigenvalue weighted by Gasteiger charge is -2.26. The van der Waals surface area contributed by atoms with Crippen molar-refractivity contribution in [2.24, 2.45) is 5.41 Å². The van der Waals surface area contributed by atoms with E-state index in [4.69, 9.17) is 0 Å². The summed E-state index contributed by atoms with van der Waals surface area (Å²) in [5.74, 6) is -1.97. The van der Waals surface area contributed by atoms with Gasteiger partial charge >= 0.3 is 0 Å². The molecule has 0 aromatic heterocycles. The van der Waals surface area contributed by atoms with Crippen molar-refractivity contribution in [3.05, 3.63) is 59.2 Å². The summed E-state index contributed by atoms with van der Waals surface area (Å²) in [4.78, 5) is 25.5. The number of carbonyl (C=O) groups excluding carboxylic acids is 2. The predicted molar refractivity (Wildman–Crippen MR) is 104 cm³/mol. The fourth-order valence-corrected chi connectivity index (χ4v) is 3.40. The number of amides is 2. The summed E-state index contributed by atoms with van der Waals surface area (Å²) < 4.78 is 27.9. The van der Waals surface area contributed by atoms with Gasteiger partial charge in [-0.1, -0.05) is 12.1 Å². The van der Waals surface area contributed by atoms with Crippen LogP contribution in [0.2, 0.25) is 0 Å². The topological polar surface area (TPSA) is 70.2 Å². The van der Waals surface area contributed by atoms with Crippen LogP contribution in [0.5, 0.6) is 0 Å². The maximum atomic E-state index is 14.0. The van der Waals surface area contributed by atoms with E-state index in [1.54, 1.807) is 32.0 Å². The van der Waals surface area contributed by atoms with Gasteiger partial charge in [0.2, 0.25) is 11.8 Å². The summed E-state index contributed by atoms with van der Waals surface area (Å²) in [6.45, 7) is 4.44. The van der Waals surface area contributed by atoms with Crippen molar-refractivity contribution in [3.8, 4) is 0 Å². The Morgan fingerprint density at radius 1 is 1.00 bits per heavy atom. The molecule has 1 aliphatic rings. The summed E-state index contributed by atoms with van der Waals surface area (Å²) in [6.07, 6.45) is 0.294. The summed E-state index contributed by atoms with van der Waals surface area (Å²) in [5, 5.41) is 8.25. The molecule has 148 valence electrons. The number of nitrogens with one attached hydrogen (secondary N) is 3. The fourth-order valence-electron chi connectivity index (χ4n) is 3.40. The summed E-state index contributed by atoms with van der Waals surface area (Å²) in [7, 11) is 0. The SMILES string of the molecule is Cc1ccc(F)c(NC(=O)CC2(C(=O)Nc3cc(C)ccc3F)CCNC2)c1. The third-order valence-corrected chi connectivity index (χ3v) is 4.99. The van der Waals surface area contributed by atoms with Crippen LogP contribution in [0.1, 0.15) is 24.0 Å². The molecule has 0 saturated carbocycles. The molecule has 1 aliphatic heterocycles. The molecule has 28 heavy (non-hydrogen) atoms. The molecule has 0 spiro atoms. The lowest BCUT2D eigenvalue weighted by Crippen LogP contribution is -2.41. The van der Waals surface area contributed by atoms with Gasteiger partial charge in [0, 0.05) is 13.0 Å². The molecule has 0 radical (unpaired) electrons. The van der Waals surface area contributed by atoms with Crippen molar-refractivity contribution in [1.82, 2.24) is 5.32 Å². The van der Waals surface area contributed by atoms with Crippen molar-refractivity contribution in [3.63, 3.8) is 0 Å². The molecule has 0 bridgehead atoms. The second-order valence-electron chi connectivity index (χ2n) is 7.35. The monoisotopic (exact) mass is 387 g/mol. The van der Waals surface area contributed by atoms with Crippen LogP contribution in [0.25, 0.3) is 0 Å². The first-order chi connectivity index (χ1) is 13.3. The van der Waals surface area contributed by atoms with Crippen molar-refractivity contribution in [2.45, 2.75) is 26.7 Å². The van der Waals surface area contributed by atoms with E-state index in [1.165, 1.54) is 18.2 Å². The molecule has 5 nitrogen and oxygen atoms in total. The third kappa shape index (κ3) is 4.36. The van der Waals surface area contributed by atoms with E-state index in [2.05, 4.69) is 16.0 Å². The highest BCUT2D eigenvalue weighted by atomic mass is 19.1. The molecule has 0 aliphatic carbocycles. The number of halogens is 2. The Bertz CT molecular complexity index is 909. The van der Waals surface area contributed by atoms with Crippen LogP contribution in [0.4, 0.5) is 20.2 Å². The van der Waals surface area contributed by atoms with E-state index < -0.39 is 28.9 Å². The highest BCUT2D eigenvalue weighted by molar-refractivity contribution is 6.01. The summed E-state index contributed by atoms with van der Waals surface area (Å²) in [5.41, 5.74) is 0.753. The Labute approximate surface area is 162 Å². The molecule has 1 unspecified atom stereocenters. The number of benzene rings is 2. The highest BCUT2D eigenvalue weighted by Crippen LogP contribution is 2.32. The molecule has 3 N–H and O–H groups in total. The largest absolute Gasteiger partial charge is 0.324 e. The Kier molecular flexibility index (Phi) is 5.74. The van der Waals surface area contributed by atoms with Gasteiger partial charge in [-0.2, -0.15) is 0 Å². The van der Waals surface area contributed by atoms with Gasteiger partial charge in [0.15, 0.2) is 0 Å². The lowest BCUT2D eigenvalue weighted by atomic mass is 9.82. The Balaban J connectivity index is 1.76. The second-order valence-corrected chi connectivity index (χ2v) is 7.35. The zero-order valence-corrected chi connectivity index (χ0v) is 15.9. The van der Waals surface area contributed by atoms with E-state index in [1.807, 2.05) is 0 Å². The molecule has 1 saturated heterocycles. The van der Waals surface area contributed by atoms with E-state index in [-0.39, 0.29) is 24.3 Å². The Morgan fingerprint density at radius 3 is 2.11 bits per heavy atom. The van der Waals surface area contributed by atoms with E-state index in [0.717, 1.165) is 11.1 Å². The Hall–Kier alpha value is -2.80. The normalized spacial score (nSPS) is 18.7. The van der Waals surface area contributed by atoms with Crippen LogP contribution < -0.4 is 16.0 Å². The first-order valence-electron chi connectivity index (χ1n) is 9.13. The number of rotatable bonds is 5. The van der Waals surface area contributed by atoms with Gasteiger partial charge in [0.25, 0.3) is 0 Å². The number of hydrogen-bond acceptors (Lipinski definition) is 3. The molecule has 3 rings (SSSR count). The predicted octanol–water partition coefficient (Wildman–Crippen LogP) is 3.53. The maximum Gasteiger partial charge on any atom is 0.232 e. The van der Waals surface area contributed by atoms with Gasteiger partial charge in [-0.3, -0.25) is 9.59 Å². The fraction of sp³-hybridized carbons (Fsp3) is 0.333. The molecule has 1 fully saturated rings. The summed E-state index contributed by atoms with van der Waals surface area (Å²) >= 11 is 0. The highest BCUT2D eigenvalue weighted by Gasteiger charge is 2.43. The smallest absolute Gasteiger partial charge is 0.232 e. The van der Waals surface area contributed by atoms with Crippen molar-refractivity contribution in [1.29, 1.82) is 0 Å². The molecule has 2 amide bonds. The van der Waals surface area contributed by atoms with Gasteiger partial charge in [-0.15, -0.1) is 0 Å². The van der Waals surface area contributed by atoms with Crippen LogP contribution in [-0.4, -0.2) is 24.9 Å². The molecular formula is C21H23F2N3O2. The first-order valence-corrected chi connectivity index (χ1v) is 9.13. The van der Waals surface area contributed by atoms with Crippen LogP contribution in [0.15, 0.2) is 36.4 Å².